The standard InChI is InChI=1S/C23H26N4O2/c1-15(28)17-11-7-13-25-19(17)14-27-20-12-6-5-10-18(20)21(26-22(24)23(27)29)16-8-3-2-4-9-16/h5-7,10-13,16,22H,2-4,8-9,14,24H2,1H3. The molecule has 2 N–H and O–H groups in total. The Morgan fingerprint density at radius 2 is 1.90 bits per heavy atom. The van der Waals surface area contributed by atoms with Gasteiger partial charge in [-0.3, -0.25) is 19.6 Å². The predicted molar refractivity (Wildman–Crippen MR) is 113 cm³/mol. The quantitative estimate of drug-likeness (QED) is 0.810. The van der Waals surface area contributed by atoms with Gasteiger partial charge >= 0.3 is 0 Å². The van der Waals surface area contributed by atoms with Crippen LogP contribution in [0.1, 0.15) is 60.6 Å². The Kier molecular flexibility index (Phi) is 5.53. The lowest BCUT2D eigenvalue weighted by molar-refractivity contribution is -0.119. The zero-order valence-corrected chi connectivity index (χ0v) is 16.7. The van der Waals surface area contributed by atoms with Crippen LogP contribution in [0.25, 0.3) is 0 Å². The number of amides is 1. The summed E-state index contributed by atoms with van der Waals surface area (Å²) in [5, 5.41) is 0. The van der Waals surface area contributed by atoms with Crippen LogP contribution in [-0.4, -0.2) is 28.6 Å². The first-order valence-electron chi connectivity index (χ1n) is 10.2. The number of nitrogens with zero attached hydrogens (tertiary/aromatic N) is 3. The minimum atomic E-state index is -0.955. The third kappa shape index (κ3) is 3.85. The number of fused-ring (bicyclic) bond motifs is 1. The van der Waals surface area contributed by atoms with Crippen LogP contribution < -0.4 is 10.6 Å². The number of Topliss-reactive ketones (excluding diaryl/α,β-unsaturated/α-hetero) is 1. The number of nitrogens with two attached hydrogens (primary N) is 1. The van der Waals surface area contributed by atoms with E-state index in [4.69, 9.17) is 5.73 Å². The molecule has 1 aromatic carbocycles. The molecule has 1 aliphatic heterocycles. The highest BCUT2D eigenvalue weighted by atomic mass is 16.2. The smallest absolute Gasteiger partial charge is 0.266 e. The SMILES string of the molecule is CC(=O)c1cccnc1CN1C(=O)C(N)N=C(C2CCCCC2)c2ccccc21. The van der Waals surface area contributed by atoms with Gasteiger partial charge in [0.15, 0.2) is 11.9 Å². The summed E-state index contributed by atoms with van der Waals surface area (Å²) < 4.78 is 0. The van der Waals surface area contributed by atoms with Crippen molar-refractivity contribution in [2.24, 2.45) is 16.6 Å². The number of rotatable bonds is 4. The van der Waals surface area contributed by atoms with Gasteiger partial charge in [0.25, 0.3) is 5.91 Å². The summed E-state index contributed by atoms with van der Waals surface area (Å²) in [5.41, 5.74) is 10.0. The molecular weight excluding hydrogens is 364 g/mol. The molecule has 1 unspecified atom stereocenters. The van der Waals surface area contributed by atoms with Gasteiger partial charge in [0, 0.05) is 29.0 Å². The van der Waals surface area contributed by atoms with Gasteiger partial charge in [0.2, 0.25) is 0 Å². The molecule has 0 saturated heterocycles. The van der Waals surface area contributed by atoms with Gasteiger partial charge in [0.05, 0.1) is 17.9 Å². The molecular formula is C23H26N4O2. The molecule has 0 spiro atoms. The van der Waals surface area contributed by atoms with Crippen LogP contribution in [0.5, 0.6) is 0 Å². The van der Waals surface area contributed by atoms with Gasteiger partial charge in [-0.15, -0.1) is 0 Å². The van der Waals surface area contributed by atoms with Gasteiger partial charge in [0.1, 0.15) is 0 Å². The van der Waals surface area contributed by atoms with Crippen LogP contribution in [0.3, 0.4) is 0 Å². The van der Waals surface area contributed by atoms with Crippen molar-refractivity contribution in [2.75, 3.05) is 4.90 Å². The monoisotopic (exact) mass is 390 g/mol. The molecule has 1 saturated carbocycles. The summed E-state index contributed by atoms with van der Waals surface area (Å²) in [6, 6.07) is 11.3. The van der Waals surface area contributed by atoms with E-state index < -0.39 is 6.17 Å². The van der Waals surface area contributed by atoms with E-state index >= 15 is 0 Å². The Balaban J connectivity index is 1.77. The maximum atomic E-state index is 13.2. The number of benzodiazepines with no additional fused rings is 1. The Hall–Kier alpha value is -2.86. The van der Waals surface area contributed by atoms with E-state index in [1.807, 2.05) is 24.3 Å². The van der Waals surface area contributed by atoms with Crippen molar-refractivity contribution in [3.8, 4) is 0 Å². The number of hydrogen-bond acceptors (Lipinski definition) is 5. The van der Waals surface area contributed by atoms with Gasteiger partial charge in [-0.2, -0.15) is 0 Å². The summed E-state index contributed by atoms with van der Waals surface area (Å²) in [4.78, 5) is 35.9. The minimum absolute atomic E-state index is 0.0768. The molecule has 6 nitrogen and oxygen atoms in total. The maximum absolute atomic E-state index is 13.2. The van der Waals surface area contributed by atoms with Gasteiger partial charge < -0.3 is 10.6 Å². The number of ketones is 1. The average molecular weight is 390 g/mol. The number of pyridine rings is 1. The lowest BCUT2D eigenvalue weighted by Crippen LogP contribution is -2.42. The number of benzene rings is 1. The topological polar surface area (TPSA) is 88.7 Å². The molecule has 4 rings (SSSR count). The zero-order chi connectivity index (χ0) is 20.4. The lowest BCUT2D eigenvalue weighted by atomic mass is 9.83. The Morgan fingerprint density at radius 3 is 2.66 bits per heavy atom. The number of aliphatic imine (C=N–C) groups is 1. The van der Waals surface area contributed by atoms with Crippen LogP contribution in [0.4, 0.5) is 5.69 Å². The summed E-state index contributed by atoms with van der Waals surface area (Å²) in [6.45, 7) is 1.70. The van der Waals surface area contributed by atoms with E-state index in [-0.39, 0.29) is 18.2 Å². The molecule has 2 heterocycles. The second-order valence-corrected chi connectivity index (χ2v) is 7.79. The van der Waals surface area contributed by atoms with Crippen molar-refractivity contribution in [3.05, 3.63) is 59.4 Å². The average Bonchev–Trinajstić information content (AvgIpc) is 2.85. The van der Waals surface area contributed by atoms with Crippen LogP contribution in [0.2, 0.25) is 0 Å². The summed E-state index contributed by atoms with van der Waals surface area (Å²) in [6.07, 6.45) is 6.42. The highest BCUT2D eigenvalue weighted by Gasteiger charge is 2.33. The molecule has 1 aromatic heterocycles. The number of carbonyl (C=O) groups is 2. The second-order valence-electron chi connectivity index (χ2n) is 7.79. The van der Waals surface area contributed by atoms with Gasteiger partial charge in [-0.25, -0.2) is 0 Å². The first-order valence-corrected chi connectivity index (χ1v) is 10.2. The Bertz CT molecular complexity index is 963. The molecule has 0 bridgehead atoms. The van der Waals surface area contributed by atoms with Crippen molar-refractivity contribution in [2.45, 2.75) is 51.7 Å². The normalized spacial score (nSPS) is 20.1. The zero-order valence-electron chi connectivity index (χ0n) is 16.7. The van der Waals surface area contributed by atoms with Crippen LogP contribution >= 0.6 is 0 Å². The van der Waals surface area contributed by atoms with E-state index in [9.17, 15) is 9.59 Å². The molecule has 150 valence electrons. The number of para-hydroxylation sites is 1. The van der Waals surface area contributed by atoms with E-state index in [0.717, 1.165) is 29.8 Å². The molecule has 1 atom stereocenters. The summed E-state index contributed by atoms with van der Waals surface area (Å²) in [5.74, 6) is -0.0261. The largest absolute Gasteiger partial charge is 0.303 e. The fourth-order valence-corrected chi connectivity index (χ4v) is 4.38. The first kappa shape index (κ1) is 19.5. The molecule has 29 heavy (non-hydrogen) atoms. The summed E-state index contributed by atoms with van der Waals surface area (Å²) >= 11 is 0. The van der Waals surface area contributed by atoms with Crippen molar-refractivity contribution in [3.63, 3.8) is 0 Å². The van der Waals surface area contributed by atoms with Crippen LogP contribution in [0.15, 0.2) is 47.6 Å². The molecule has 1 fully saturated rings. The first-order chi connectivity index (χ1) is 14.1. The fraction of sp³-hybridized carbons (Fsp3) is 0.391. The molecule has 6 heteroatoms. The maximum Gasteiger partial charge on any atom is 0.266 e. The van der Waals surface area contributed by atoms with Crippen molar-refractivity contribution < 1.29 is 9.59 Å². The third-order valence-corrected chi connectivity index (χ3v) is 5.84. The Labute approximate surface area is 170 Å². The number of aromatic nitrogens is 1. The van der Waals surface area contributed by atoms with E-state index in [2.05, 4.69) is 9.98 Å². The van der Waals surface area contributed by atoms with Crippen LogP contribution in [-0.2, 0) is 11.3 Å². The molecule has 1 amide bonds. The molecule has 0 radical (unpaired) electrons. The van der Waals surface area contributed by atoms with Crippen molar-refractivity contribution in [1.29, 1.82) is 0 Å². The van der Waals surface area contributed by atoms with E-state index in [0.29, 0.717) is 17.2 Å². The highest BCUT2D eigenvalue weighted by Crippen LogP contribution is 2.34. The van der Waals surface area contributed by atoms with Gasteiger partial charge in [-0.05, 0) is 38.0 Å². The number of hydrogen-bond donors (Lipinski definition) is 1. The highest BCUT2D eigenvalue weighted by molar-refractivity contribution is 6.13. The number of anilines is 1. The van der Waals surface area contributed by atoms with Crippen molar-refractivity contribution >= 4 is 23.1 Å². The van der Waals surface area contributed by atoms with Crippen molar-refractivity contribution in [1.82, 2.24) is 4.98 Å². The van der Waals surface area contributed by atoms with Crippen LogP contribution in [0, 0.1) is 5.92 Å². The fourth-order valence-electron chi connectivity index (χ4n) is 4.38. The molecule has 2 aromatic rings. The second kappa shape index (κ2) is 8.25. The van der Waals surface area contributed by atoms with E-state index in [1.165, 1.54) is 26.2 Å². The Morgan fingerprint density at radius 1 is 1.14 bits per heavy atom. The number of carbonyl (C=O) groups excluding carboxylic acids is 2. The third-order valence-electron chi connectivity index (χ3n) is 5.84. The molecule has 1 aliphatic carbocycles. The minimum Gasteiger partial charge on any atom is -0.303 e. The molecule has 2 aliphatic rings. The lowest BCUT2D eigenvalue weighted by Gasteiger charge is -2.26. The predicted octanol–water partition coefficient (Wildman–Crippen LogP) is 3.49. The summed E-state index contributed by atoms with van der Waals surface area (Å²) in [7, 11) is 0. The van der Waals surface area contributed by atoms with Gasteiger partial charge in [-0.1, -0.05) is 37.5 Å². The van der Waals surface area contributed by atoms with E-state index in [1.54, 1.807) is 23.2 Å².